The molecule has 5 nitrogen and oxygen atoms in total. The summed E-state index contributed by atoms with van der Waals surface area (Å²) in [7, 11) is 0. The number of ether oxygens (including phenoxy) is 2. The van der Waals surface area contributed by atoms with E-state index < -0.39 is 6.10 Å². The molecule has 0 aromatic carbocycles. The van der Waals surface area contributed by atoms with Gasteiger partial charge in [0.05, 0.1) is 6.61 Å². The average Bonchev–Trinajstić information content (AvgIpc) is 3.49. The second kappa shape index (κ2) is 72.3. The van der Waals surface area contributed by atoms with Crippen molar-refractivity contribution in [3.8, 4) is 0 Å². The topological polar surface area (TPSA) is 72.8 Å². The molecule has 0 saturated carbocycles. The minimum absolute atomic E-state index is 0.0643. The lowest BCUT2D eigenvalue weighted by Gasteiger charge is -2.15. The third-order valence-electron chi connectivity index (χ3n) is 16.2. The second-order valence-corrected chi connectivity index (χ2v) is 24.3. The van der Waals surface area contributed by atoms with E-state index in [0.29, 0.717) is 12.8 Å². The van der Waals surface area contributed by atoms with Gasteiger partial charge < -0.3 is 14.6 Å². The molecule has 0 rings (SSSR count). The number of carbonyl (C=O) groups excluding carboxylic acids is 2. The van der Waals surface area contributed by atoms with Crippen LogP contribution >= 0.6 is 0 Å². The van der Waals surface area contributed by atoms with E-state index in [1.807, 2.05) is 0 Å². The molecule has 0 aromatic rings. The van der Waals surface area contributed by atoms with E-state index in [9.17, 15) is 14.7 Å². The highest BCUT2D eigenvalue weighted by Gasteiger charge is 2.16. The van der Waals surface area contributed by atoms with Crippen LogP contribution in [-0.2, 0) is 19.1 Å². The average molecular weight is 1140 g/mol. The number of aliphatic hydroxyl groups is 1. The zero-order valence-corrected chi connectivity index (χ0v) is 54.8. The van der Waals surface area contributed by atoms with Gasteiger partial charge in [0, 0.05) is 12.8 Å². The molecule has 0 aliphatic carbocycles. The first kappa shape index (κ1) is 79.1. The van der Waals surface area contributed by atoms with Crippen molar-refractivity contribution >= 4 is 11.9 Å². The highest BCUT2D eigenvalue weighted by molar-refractivity contribution is 5.70. The molecule has 1 atom stereocenters. The maximum atomic E-state index is 12.4. The predicted molar refractivity (Wildman–Crippen MR) is 362 cm³/mol. The van der Waals surface area contributed by atoms with Gasteiger partial charge in [0.2, 0.25) is 0 Å². The summed E-state index contributed by atoms with van der Waals surface area (Å²) in [5.74, 6) is -0.576. The van der Waals surface area contributed by atoms with Crippen LogP contribution in [0.15, 0.2) is 85.1 Å². The number of esters is 2. The lowest BCUT2D eigenvalue weighted by Crippen LogP contribution is -2.28. The number of rotatable bonds is 67. The van der Waals surface area contributed by atoms with Crippen LogP contribution in [0.25, 0.3) is 0 Å². The number of carbonyl (C=O) groups is 2. The molecule has 0 saturated heterocycles. The van der Waals surface area contributed by atoms with Gasteiger partial charge in [-0.3, -0.25) is 9.59 Å². The van der Waals surface area contributed by atoms with Crippen molar-refractivity contribution in [2.24, 2.45) is 0 Å². The summed E-state index contributed by atoms with van der Waals surface area (Å²) in [5.41, 5.74) is 0. The summed E-state index contributed by atoms with van der Waals surface area (Å²) >= 11 is 0. The van der Waals surface area contributed by atoms with Gasteiger partial charge in [-0.25, -0.2) is 0 Å². The molecule has 0 aliphatic heterocycles. The van der Waals surface area contributed by atoms with Crippen LogP contribution in [0.1, 0.15) is 373 Å². The third kappa shape index (κ3) is 69.6. The number of allylic oxidation sites excluding steroid dienone is 14. The minimum atomic E-state index is -0.776. The smallest absolute Gasteiger partial charge is 0.306 e. The summed E-state index contributed by atoms with van der Waals surface area (Å²) in [6.45, 7) is 4.08. The van der Waals surface area contributed by atoms with Crippen LogP contribution in [0.2, 0.25) is 0 Å². The van der Waals surface area contributed by atoms with Crippen LogP contribution in [0.4, 0.5) is 0 Å². The number of hydrogen-bond acceptors (Lipinski definition) is 5. The maximum Gasteiger partial charge on any atom is 0.306 e. The molecule has 0 aromatic heterocycles. The molecule has 0 spiro atoms. The monoisotopic (exact) mass is 1140 g/mol. The Bertz CT molecular complexity index is 1480. The summed E-state index contributed by atoms with van der Waals surface area (Å²) in [6.07, 6.45) is 102. The molecule has 476 valence electrons. The van der Waals surface area contributed by atoms with Crippen molar-refractivity contribution in [3.63, 3.8) is 0 Å². The van der Waals surface area contributed by atoms with E-state index in [-0.39, 0.29) is 25.2 Å². The van der Waals surface area contributed by atoms with Crippen molar-refractivity contribution in [3.05, 3.63) is 85.1 Å². The third-order valence-corrected chi connectivity index (χ3v) is 16.2. The van der Waals surface area contributed by atoms with Crippen LogP contribution in [0, 0.1) is 0 Å². The van der Waals surface area contributed by atoms with E-state index in [1.54, 1.807) is 0 Å². The highest BCUT2D eigenvalue weighted by atomic mass is 16.6. The standard InChI is InChI=1S/C77H138O5/c1-3-5-7-9-11-13-15-17-19-21-23-25-27-29-31-33-35-37-38-40-42-44-46-48-50-52-54-56-58-60-62-64-66-68-70-72-77(80)82-75(73-78)74-81-76(79)71-69-67-65-63-61-59-57-55-53-51-49-47-45-43-41-39-36-34-32-30-28-26-24-22-20-18-16-14-12-10-8-6-4-2/h5,7,11,13,17,19,23,25,29,31,35,37,40,42,75,78H,3-4,6,8-10,12,14-16,18,20-22,24,26-28,30,32-34,36,38-39,41,43-74H2,1-2H3/b7-5-,13-11-,19-17-,25-23-,31-29-,37-35-,42-40-. The largest absolute Gasteiger partial charge is 0.462 e. The van der Waals surface area contributed by atoms with Gasteiger partial charge in [0.25, 0.3) is 0 Å². The first-order chi connectivity index (χ1) is 40.6. The van der Waals surface area contributed by atoms with E-state index in [4.69, 9.17) is 9.47 Å². The van der Waals surface area contributed by atoms with Crippen LogP contribution in [-0.4, -0.2) is 36.4 Å². The summed E-state index contributed by atoms with van der Waals surface area (Å²) < 4.78 is 10.8. The van der Waals surface area contributed by atoms with Gasteiger partial charge >= 0.3 is 11.9 Å². The Morgan fingerprint density at radius 2 is 0.524 bits per heavy atom. The van der Waals surface area contributed by atoms with Crippen molar-refractivity contribution in [1.82, 2.24) is 0 Å². The molecular formula is C77H138O5. The van der Waals surface area contributed by atoms with Gasteiger partial charge in [-0.15, -0.1) is 0 Å². The quantitative estimate of drug-likeness (QED) is 0.0373. The van der Waals surface area contributed by atoms with Gasteiger partial charge in [-0.05, 0) is 70.6 Å². The number of aliphatic hydroxyl groups excluding tert-OH is 1. The van der Waals surface area contributed by atoms with Gasteiger partial charge in [-0.1, -0.05) is 375 Å². The molecule has 0 bridgehead atoms. The Labute approximate surface area is 511 Å². The van der Waals surface area contributed by atoms with Crippen molar-refractivity contribution in [2.75, 3.05) is 13.2 Å². The molecule has 0 radical (unpaired) electrons. The summed E-state index contributed by atoms with van der Waals surface area (Å²) in [6, 6.07) is 0. The Kier molecular flexibility index (Phi) is 69.8. The molecule has 0 heterocycles. The van der Waals surface area contributed by atoms with Crippen LogP contribution < -0.4 is 0 Å². The van der Waals surface area contributed by atoms with Gasteiger partial charge in [-0.2, -0.15) is 0 Å². The molecular weight excluding hydrogens is 1000 g/mol. The first-order valence-corrected chi connectivity index (χ1v) is 36.1. The Hall–Kier alpha value is -2.92. The molecule has 0 amide bonds. The van der Waals surface area contributed by atoms with Gasteiger partial charge in [0.15, 0.2) is 6.10 Å². The van der Waals surface area contributed by atoms with Crippen LogP contribution in [0.3, 0.4) is 0 Å². The molecule has 0 fully saturated rings. The Balaban J connectivity index is 3.43. The molecule has 5 heteroatoms. The molecule has 1 N–H and O–H groups in total. The van der Waals surface area contributed by atoms with E-state index in [1.165, 1.54) is 263 Å². The highest BCUT2D eigenvalue weighted by Crippen LogP contribution is 2.19. The Morgan fingerprint density at radius 3 is 0.793 bits per heavy atom. The molecule has 0 aliphatic rings. The van der Waals surface area contributed by atoms with E-state index >= 15 is 0 Å². The van der Waals surface area contributed by atoms with Gasteiger partial charge in [0.1, 0.15) is 6.61 Å². The normalized spacial score (nSPS) is 12.7. The van der Waals surface area contributed by atoms with Crippen molar-refractivity contribution in [1.29, 1.82) is 0 Å². The van der Waals surface area contributed by atoms with E-state index in [0.717, 1.165) is 83.5 Å². The zero-order valence-electron chi connectivity index (χ0n) is 54.8. The fourth-order valence-corrected chi connectivity index (χ4v) is 10.8. The van der Waals surface area contributed by atoms with Crippen molar-refractivity contribution < 1.29 is 24.2 Å². The number of hydrogen-bond donors (Lipinski definition) is 1. The van der Waals surface area contributed by atoms with Crippen LogP contribution in [0.5, 0.6) is 0 Å². The first-order valence-electron chi connectivity index (χ1n) is 36.1. The van der Waals surface area contributed by atoms with E-state index in [2.05, 4.69) is 98.9 Å². The summed E-state index contributed by atoms with van der Waals surface area (Å²) in [5, 5.41) is 9.71. The predicted octanol–water partition coefficient (Wildman–Crippen LogP) is 25.2. The fraction of sp³-hybridized carbons (Fsp3) is 0.792. The SMILES string of the molecule is CC/C=C\C/C=C\C/C=C\C/C=C\C/C=C\C/C=C\C/C=C\CCCCCCCCCCCCCCCC(=O)OC(CO)COC(=O)CCCCCCCCCCCCCCCCCCCCCCCCCCCCCCCCCCC. The Morgan fingerprint density at radius 1 is 0.293 bits per heavy atom. The fourth-order valence-electron chi connectivity index (χ4n) is 10.8. The molecule has 82 heavy (non-hydrogen) atoms. The minimum Gasteiger partial charge on any atom is -0.462 e. The number of unbranched alkanes of at least 4 members (excludes halogenated alkanes) is 45. The maximum absolute atomic E-state index is 12.4. The second-order valence-electron chi connectivity index (χ2n) is 24.3. The lowest BCUT2D eigenvalue weighted by atomic mass is 10.0. The van der Waals surface area contributed by atoms with Crippen molar-refractivity contribution in [2.45, 2.75) is 380 Å². The molecule has 1 unspecified atom stereocenters. The zero-order chi connectivity index (χ0) is 59.1. The summed E-state index contributed by atoms with van der Waals surface area (Å²) in [4.78, 5) is 24.7. The lowest BCUT2D eigenvalue weighted by molar-refractivity contribution is -0.161.